The summed E-state index contributed by atoms with van der Waals surface area (Å²) in [6.45, 7) is 4.60. The molecule has 0 saturated heterocycles. The Morgan fingerprint density at radius 3 is 1.90 bits per heavy atom. The maximum absolute atomic E-state index is 13.3. The van der Waals surface area contributed by atoms with E-state index in [0.29, 0.717) is 6.42 Å². The molecule has 41 heavy (non-hydrogen) atoms. The number of rotatable bonds is 18. The van der Waals surface area contributed by atoms with E-state index in [1.54, 1.807) is 44.2 Å². The number of ketones is 1. The van der Waals surface area contributed by atoms with Gasteiger partial charge in [0.15, 0.2) is 5.78 Å². The van der Waals surface area contributed by atoms with Gasteiger partial charge >= 0.3 is 11.9 Å². The lowest BCUT2D eigenvalue weighted by Gasteiger charge is -2.28. The molecule has 0 fully saturated rings. The summed E-state index contributed by atoms with van der Waals surface area (Å²) in [5, 5.41) is 28.1. The van der Waals surface area contributed by atoms with Crippen LogP contribution in [0, 0.1) is 5.92 Å². The zero-order chi connectivity index (χ0) is 31.1. The number of halogens is 1. The van der Waals surface area contributed by atoms with Crippen molar-refractivity contribution in [3.63, 3.8) is 0 Å². The van der Waals surface area contributed by atoms with Crippen molar-refractivity contribution in [3.05, 3.63) is 35.9 Å². The van der Waals surface area contributed by atoms with Crippen molar-refractivity contribution in [1.82, 2.24) is 21.3 Å². The Labute approximate surface area is 242 Å². The van der Waals surface area contributed by atoms with Gasteiger partial charge in [-0.25, -0.2) is 0 Å². The van der Waals surface area contributed by atoms with Crippen molar-refractivity contribution < 1.29 is 43.8 Å². The standard InChI is InChI=1S/C27H37ClN4O9/c1-4-15(2)24(27(41)31-19(13-23(37)38)21(34)14-28)32-25(39)18(10-11-22(35)36)30-26(40)20(29-16(3)33)12-17-8-6-5-7-9-17/h5-9,15,18-20,24H,4,10-14H2,1-3H3,(H,29,33)(H,30,40)(H,31,41)(H,32,39)(H,35,36)(H,37,38). The van der Waals surface area contributed by atoms with E-state index < -0.39 is 90.2 Å². The molecule has 0 aliphatic heterocycles. The highest BCUT2D eigenvalue weighted by molar-refractivity contribution is 6.28. The first kappa shape index (κ1) is 35.0. The largest absolute Gasteiger partial charge is 0.481 e. The van der Waals surface area contributed by atoms with Crippen LogP contribution >= 0.6 is 11.6 Å². The van der Waals surface area contributed by atoms with Crippen molar-refractivity contribution in [2.45, 2.75) is 77.0 Å². The molecule has 14 heteroatoms. The van der Waals surface area contributed by atoms with Gasteiger partial charge < -0.3 is 31.5 Å². The molecule has 0 heterocycles. The number of alkyl halides is 1. The lowest BCUT2D eigenvalue weighted by Crippen LogP contribution is -2.59. The summed E-state index contributed by atoms with van der Waals surface area (Å²) in [7, 11) is 0. The SMILES string of the molecule is CCC(C)C(NC(=O)C(CCC(=O)O)NC(=O)C(Cc1ccccc1)NC(C)=O)C(=O)NC(CC(=O)O)C(=O)CCl. The molecule has 0 spiro atoms. The highest BCUT2D eigenvalue weighted by Crippen LogP contribution is 2.11. The minimum absolute atomic E-state index is 0.0942. The molecule has 13 nitrogen and oxygen atoms in total. The molecule has 5 atom stereocenters. The van der Waals surface area contributed by atoms with Crippen LogP contribution in [0.25, 0.3) is 0 Å². The van der Waals surface area contributed by atoms with E-state index in [-0.39, 0.29) is 12.8 Å². The first-order valence-electron chi connectivity index (χ1n) is 13.0. The van der Waals surface area contributed by atoms with Crippen LogP contribution in [0.2, 0.25) is 0 Å². The quantitative estimate of drug-likeness (QED) is 0.129. The Bertz CT molecular complexity index is 1100. The fourth-order valence-corrected chi connectivity index (χ4v) is 4.03. The van der Waals surface area contributed by atoms with E-state index in [1.807, 2.05) is 0 Å². The fourth-order valence-electron chi connectivity index (χ4n) is 3.84. The number of carboxylic acids is 2. The number of nitrogens with one attached hydrogen (secondary N) is 4. The maximum atomic E-state index is 13.3. The van der Waals surface area contributed by atoms with Gasteiger partial charge in [0.2, 0.25) is 23.6 Å². The molecule has 5 unspecified atom stereocenters. The van der Waals surface area contributed by atoms with E-state index >= 15 is 0 Å². The predicted octanol–water partition coefficient (Wildman–Crippen LogP) is 0.382. The number of carbonyl (C=O) groups is 7. The molecule has 0 saturated carbocycles. The normalized spacial score (nSPS) is 14.3. The molecule has 0 radical (unpaired) electrons. The van der Waals surface area contributed by atoms with E-state index in [2.05, 4.69) is 21.3 Å². The topological polar surface area (TPSA) is 208 Å². The highest BCUT2D eigenvalue weighted by Gasteiger charge is 2.34. The molecule has 1 rings (SSSR count). The zero-order valence-corrected chi connectivity index (χ0v) is 23.9. The van der Waals surface area contributed by atoms with Gasteiger partial charge in [0.1, 0.15) is 18.1 Å². The average molecular weight is 597 g/mol. The highest BCUT2D eigenvalue weighted by atomic mass is 35.5. The number of hydrogen-bond acceptors (Lipinski definition) is 7. The number of amides is 4. The molecule has 1 aromatic rings. The van der Waals surface area contributed by atoms with Crippen LogP contribution in [0.3, 0.4) is 0 Å². The third kappa shape index (κ3) is 12.8. The van der Waals surface area contributed by atoms with Crippen molar-refractivity contribution in [3.8, 4) is 0 Å². The molecule has 6 N–H and O–H groups in total. The van der Waals surface area contributed by atoms with E-state index in [0.717, 1.165) is 5.56 Å². The Balaban J connectivity index is 3.19. The van der Waals surface area contributed by atoms with Gasteiger partial charge in [-0.2, -0.15) is 0 Å². The summed E-state index contributed by atoms with van der Waals surface area (Å²) in [5.74, 6) is -7.31. The molecular weight excluding hydrogens is 560 g/mol. The molecule has 0 aromatic heterocycles. The lowest BCUT2D eigenvalue weighted by atomic mass is 9.96. The monoisotopic (exact) mass is 596 g/mol. The van der Waals surface area contributed by atoms with Gasteiger partial charge in [0, 0.05) is 19.8 Å². The molecule has 226 valence electrons. The van der Waals surface area contributed by atoms with E-state index in [9.17, 15) is 38.7 Å². The minimum atomic E-state index is -1.43. The van der Waals surface area contributed by atoms with Crippen LogP contribution in [0.1, 0.15) is 52.0 Å². The van der Waals surface area contributed by atoms with Crippen LogP contribution in [0.4, 0.5) is 0 Å². The first-order valence-corrected chi connectivity index (χ1v) is 13.6. The number of aliphatic carboxylic acids is 2. The molecule has 0 aliphatic carbocycles. The summed E-state index contributed by atoms with van der Waals surface area (Å²) >= 11 is 5.55. The Kier molecular flexibility index (Phi) is 15.1. The van der Waals surface area contributed by atoms with Crippen molar-refractivity contribution in [1.29, 1.82) is 0 Å². The summed E-state index contributed by atoms with van der Waals surface area (Å²) in [6, 6.07) is 3.61. The van der Waals surface area contributed by atoms with Crippen LogP contribution in [0.5, 0.6) is 0 Å². The summed E-state index contributed by atoms with van der Waals surface area (Å²) < 4.78 is 0. The first-order chi connectivity index (χ1) is 19.3. The zero-order valence-electron chi connectivity index (χ0n) is 23.1. The minimum Gasteiger partial charge on any atom is -0.481 e. The number of Topliss-reactive ketones (excluding diaryl/α,β-unsaturated/α-hetero) is 1. The number of benzene rings is 1. The van der Waals surface area contributed by atoms with Crippen LogP contribution in [-0.4, -0.2) is 81.6 Å². The van der Waals surface area contributed by atoms with Crippen molar-refractivity contribution in [2.24, 2.45) is 5.92 Å². The van der Waals surface area contributed by atoms with Crippen molar-refractivity contribution >= 4 is 53.0 Å². The Morgan fingerprint density at radius 2 is 1.39 bits per heavy atom. The average Bonchev–Trinajstić information content (AvgIpc) is 2.91. The Hall–Kier alpha value is -4.00. The van der Waals surface area contributed by atoms with Gasteiger partial charge in [-0.3, -0.25) is 33.6 Å². The lowest BCUT2D eigenvalue weighted by molar-refractivity contribution is -0.141. The van der Waals surface area contributed by atoms with Gasteiger partial charge in [0.25, 0.3) is 0 Å². The van der Waals surface area contributed by atoms with Gasteiger partial charge in [-0.1, -0.05) is 50.6 Å². The smallest absolute Gasteiger partial charge is 0.305 e. The molecule has 4 amide bonds. The van der Waals surface area contributed by atoms with E-state index in [4.69, 9.17) is 16.7 Å². The molecule has 0 bridgehead atoms. The second kappa shape index (κ2) is 17.6. The summed E-state index contributed by atoms with van der Waals surface area (Å²) in [4.78, 5) is 85.9. The fraction of sp³-hybridized carbons (Fsp3) is 0.519. The maximum Gasteiger partial charge on any atom is 0.305 e. The second-order valence-electron chi connectivity index (χ2n) is 9.57. The van der Waals surface area contributed by atoms with Gasteiger partial charge in [-0.05, 0) is 17.9 Å². The third-order valence-electron chi connectivity index (χ3n) is 6.27. The van der Waals surface area contributed by atoms with Crippen LogP contribution in [0.15, 0.2) is 30.3 Å². The second-order valence-corrected chi connectivity index (χ2v) is 9.83. The predicted molar refractivity (Wildman–Crippen MR) is 148 cm³/mol. The van der Waals surface area contributed by atoms with Gasteiger partial charge in [0.05, 0.1) is 18.3 Å². The van der Waals surface area contributed by atoms with Crippen LogP contribution in [-0.2, 0) is 40.0 Å². The van der Waals surface area contributed by atoms with Gasteiger partial charge in [-0.15, -0.1) is 11.6 Å². The third-order valence-corrected chi connectivity index (χ3v) is 6.53. The van der Waals surface area contributed by atoms with Crippen molar-refractivity contribution in [2.75, 3.05) is 5.88 Å². The number of hydrogen-bond donors (Lipinski definition) is 6. The molecular formula is C27H37ClN4O9. The van der Waals surface area contributed by atoms with Crippen LogP contribution < -0.4 is 21.3 Å². The Morgan fingerprint density at radius 1 is 0.805 bits per heavy atom. The number of carboxylic acid groups (broad SMARTS) is 2. The molecule has 1 aromatic carbocycles. The summed E-state index contributed by atoms with van der Waals surface area (Å²) in [5.41, 5.74) is 0.726. The molecule has 0 aliphatic rings. The summed E-state index contributed by atoms with van der Waals surface area (Å²) in [6.07, 6.45) is -1.06. The van der Waals surface area contributed by atoms with E-state index in [1.165, 1.54) is 6.92 Å². The number of carbonyl (C=O) groups excluding carboxylic acids is 5.